The molecule has 5 heterocycles. The number of carbonyl (C=O) groups is 1. The molecule has 184 valence electrons. The van der Waals surface area contributed by atoms with Crippen LogP contribution in [0.4, 0.5) is 5.82 Å². The van der Waals surface area contributed by atoms with Gasteiger partial charge in [-0.1, -0.05) is 6.07 Å². The summed E-state index contributed by atoms with van der Waals surface area (Å²) in [6.07, 6.45) is 4.29. The zero-order valence-corrected chi connectivity index (χ0v) is 19.8. The highest BCUT2D eigenvalue weighted by molar-refractivity contribution is 7.91. The zero-order valence-electron chi connectivity index (χ0n) is 19.0. The highest BCUT2D eigenvalue weighted by atomic mass is 32.2. The molecule has 1 unspecified atom stereocenters. The van der Waals surface area contributed by atoms with Crippen LogP contribution in [0.3, 0.4) is 0 Å². The number of hydrogen-bond acceptors (Lipinski definition) is 9. The molecule has 0 bridgehead atoms. The second-order valence-electron chi connectivity index (χ2n) is 8.92. The zero-order chi connectivity index (χ0) is 24.6. The Labute approximate surface area is 201 Å². The van der Waals surface area contributed by atoms with Gasteiger partial charge in [-0.05, 0) is 24.6 Å². The summed E-state index contributed by atoms with van der Waals surface area (Å²) >= 11 is 0. The van der Waals surface area contributed by atoms with Crippen LogP contribution < -0.4 is 15.8 Å². The van der Waals surface area contributed by atoms with E-state index in [1.165, 1.54) is 10.5 Å². The van der Waals surface area contributed by atoms with Gasteiger partial charge in [0, 0.05) is 38.2 Å². The van der Waals surface area contributed by atoms with Crippen molar-refractivity contribution in [1.82, 2.24) is 14.7 Å². The summed E-state index contributed by atoms with van der Waals surface area (Å²) in [5.41, 5.74) is -0.148. The van der Waals surface area contributed by atoms with E-state index >= 15 is 0 Å². The Balaban J connectivity index is 1.50. The third-order valence-corrected chi connectivity index (χ3v) is 8.38. The van der Waals surface area contributed by atoms with E-state index in [0.29, 0.717) is 50.6 Å². The molecule has 0 aliphatic carbocycles. The molecule has 1 spiro atoms. The molecule has 1 N–H and O–H groups in total. The Morgan fingerprint density at radius 1 is 1.26 bits per heavy atom. The monoisotopic (exact) mass is 499 g/mol. The molecule has 3 aliphatic rings. The van der Waals surface area contributed by atoms with E-state index in [0.717, 1.165) is 0 Å². The quantitative estimate of drug-likeness (QED) is 0.462. The lowest BCUT2D eigenvalue weighted by Gasteiger charge is -2.38. The van der Waals surface area contributed by atoms with E-state index in [4.69, 9.17) is 9.47 Å². The molecule has 1 atom stereocenters. The van der Waals surface area contributed by atoms with Gasteiger partial charge in [-0.25, -0.2) is 13.4 Å². The lowest BCUT2D eigenvalue weighted by atomic mass is 10.0. The molecule has 0 aromatic carbocycles. The van der Waals surface area contributed by atoms with Gasteiger partial charge in [-0.2, -0.15) is 5.26 Å². The average Bonchev–Trinajstić information content (AvgIpc) is 3.44. The average molecular weight is 500 g/mol. The predicted molar refractivity (Wildman–Crippen MR) is 126 cm³/mol. The molecule has 2 aromatic rings. The van der Waals surface area contributed by atoms with Crippen molar-refractivity contribution in [3.63, 3.8) is 0 Å². The van der Waals surface area contributed by atoms with Crippen LogP contribution in [-0.4, -0.2) is 73.3 Å². The van der Waals surface area contributed by atoms with Gasteiger partial charge in [-0.3, -0.25) is 14.0 Å². The molecule has 3 saturated heterocycles. The smallest absolute Gasteiger partial charge is 0.267 e. The summed E-state index contributed by atoms with van der Waals surface area (Å²) in [5, 5.41) is 12.3. The molecule has 11 nitrogen and oxygen atoms in total. The minimum Gasteiger partial charge on any atom is -0.355 e. The van der Waals surface area contributed by atoms with E-state index in [9.17, 15) is 23.3 Å². The first kappa shape index (κ1) is 23.5. The maximum atomic E-state index is 13.4. The van der Waals surface area contributed by atoms with Gasteiger partial charge in [0.15, 0.2) is 15.6 Å². The molecule has 3 aliphatic heterocycles. The highest BCUT2D eigenvalue weighted by Crippen LogP contribution is 2.33. The van der Waals surface area contributed by atoms with Crippen LogP contribution in [0.1, 0.15) is 24.8 Å². The summed E-state index contributed by atoms with van der Waals surface area (Å²) in [6, 6.07) is 6.47. The van der Waals surface area contributed by atoms with Crippen LogP contribution in [0.25, 0.3) is 11.7 Å². The number of nitrogens with one attached hydrogen (secondary N) is 1. The second kappa shape index (κ2) is 9.07. The third kappa shape index (κ3) is 4.67. The number of aromatic nitrogens is 2. The van der Waals surface area contributed by atoms with Crippen LogP contribution >= 0.6 is 0 Å². The molecule has 12 heteroatoms. The van der Waals surface area contributed by atoms with E-state index in [2.05, 4.69) is 10.3 Å². The molecular weight excluding hydrogens is 474 g/mol. The van der Waals surface area contributed by atoms with Crippen LogP contribution in [0.5, 0.6) is 0 Å². The number of amides is 1. The molecular formula is C23H25N5O6S. The Hall–Kier alpha value is -3.27. The number of fused-ring (bicyclic) bond motifs is 1. The van der Waals surface area contributed by atoms with E-state index in [1.807, 2.05) is 11.0 Å². The number of piperidine rings is 1. The summed E-state index contributed by atoms with van der Waals surface area (Å²) < 4.78 is 36.4. The van der Waals surface area contributed by atoms with Crippen LogP contribution in [0.15, 0.2) is 34.8 Å². The van der Waals surface area contributed by atoms with Crippen molar-refractivity contribution in [1.29, 1.82) is 5.26 Å². The molecule has 35 heavy (non-hydrogen) atoms. The normalized spacial score (nSPS) is 23.5. The summed E-state index contributed by atoms with van der Waals surface area (Å²) in [5.74, 6) is -1.13. The van der Waals surface area contributed by atoms with Gasteiger partial charge in [-0.15, -0.1) is 0 Å². The van der Waals surface area contributed by atoms with Crippen molar-refractivity contribution >= 4 is 33.3 Å². The Bertz CT molecular complexity index is 1390. The van der Waals surface area contributed by atoms with Gasteiger partial charge in [0.05, 0.1) is 30.3 Å². The number of sulfone groups is 1. The fourth-order valence-corrected chi connectivity index (χ4v) is 6.44. The minimum atomic E-state index is -3.20. The van der Waals surface area contributed by atoms with Gasteiger partial charge in [0.1, 0.15) is 23.1 Å². The van der Waals surface area contributed by atoms with Crippen molar-refractivity contribution in [3.8, 4) is 6.07 Å². The first-order valence-corrected chi connectivity index (χ1v) is 13.3. The number of anilines is 1. The first-order valence-electron chi connectivity index (χ1n) is 11.5. The third-order valence-electron chi connectivity index (χ3n) is 6.61. The summed E-state index contributed by atoms with van der Waals surface area (Å²) in [4.78, 5) is 32.9. The Morgan fingerprint density at radius 3 is 2.66 bits per heavy atom. The number of rotatable bonds is 4. The van der Waals surface area contributed by atoms with Crippen LogP contribution in [-0.2, 0) is 24.1 Å². The standard InChI is InChI=1S/C23H25N5O6S/c24-14-16(21(29)25-17-4-12-35(31,32)15-17)13-18-20(26-19-3-1-2-7-28(19)22(18)30)27-8-5-23(6-9-27)33-10-11-34-23/h1-3,7,13,17H,4-6,8-12,15H2,(H,25,29). The van der Waals surface area contributed by atoms with Crippen LogP contribution in [0.2, 0.25) is 0 Å². The fraction of sp³-hybridized carbons (Fsp3) is 0.478. The number of ether oxygens (including phenoxy) is 2. The summed E-state index contributed by atoms with van der Waals surface area (Å²) in [7, 11) is -3.20. The van der Waals surface area contributed by atoms with Crippen molar-refractivity contribution in [2.24, 2.45) is 0 Å². The number of nitrogens with zero attached hydrogens (tertiary/aromatic N) is 4. The van der Waals surface area contributed by atoms with E-state index in [-0.39, 0.29) is 29.1 Å². The Kier molecular flexibility index (Phi) is 6.08. The minimum absolute atomic E-state index is 0.00643. The van der Waals surface area contributed by atoms with E-state index < -0.39 is 33.1 Å². The van der Waals surface area contributed by atoms with Crippen molar-refractivity contribution in [2.45, 2.75) is 31.1 Å². The molecule has 0 radical (unpaired) electrons. The SMILES string of the molecule is N#CC(=Cc1c(N2CCC3(CC2)OCCO3)nc2ccccn2c1=O)C(=O)NC1CCS(=O)(=O)C1. The topological polar surface area (TPSA) is 143 Å². The van der Waals surface area contributed by atoms with Gasteiger partial charge >= 0.3 is 0 Å². The van der Waals surface area contributed by atoms with Crippen molar-refractivity contribution in [2.75, 3.05) is 42.7 Å². The lowest BCUT2D eigenvalue weighted by molar-refractivity contribution is -0.169. The Morgan fingerprint density at radius 2 is 2.00 bits per heavy atom. The molecule has 3 fully saturated rings. The first-order chi connectivity index (χ1) is 16.8. The molecule has 0 saturated carbocycles. The second-order valence-corrected chi connectivity index (χ2v) is 11.1. The number of pyridine rings is 1. The maximum Gasteiger partial charge on any atom is 0.267 e. The number of hydrogen-bond donors (Lipinski definition) is 1. The van der Waals surface area contributed by atoms with Gasteiger partial charge in [0.2, 0.25) is 0 Å². The number of nitriles is 1. The molecule has 2 aromatic heterocycles. The fourth-order valence-electron chi connectivity index (χ4n) is 4.77. The predicted octanol–water partition coefficient (Wildman–Crippen LogP) is 0.248. The van der Waals surface area contributed by atoms with Crippen LogP contribution in [0, 0.1) is 11.3 Å². The molecule has 5 rings (SSSR count). The largest absolute Gasteiger partial charge is 0.355 e. The van der Waals surface area contributed by atoms with E-state index in [1.54, 1.807) is 24.4 Å². The highest BCUT2D eigenvalue weighted by Gasteiger charge is 2.40. The molecule has 1 amide bonds. The van der Waals surface area contributed by atoms with Gasteiger partial charge in [0.25, 0.3) is 11.5 Å². The maximum absolute atomic E-state index is 13.4. The van der Waals surface area contributed by atoms with Crippen molar-refractivity contribution in [3.05, 3.63) is 45.9 Å². The van der Waals surface area contributed by atoms with Crippen molar-refractivity contribution < 1.29 is 22.7 Å². The lowest BCUT2D eigenvalue weighted by Crippen LogP contribution is -2.46. The van der Waals surface area contributed by atoms with Gasteiger partial charge < -0.3 is 19.7 Å². The number of carbonyl (C=O) groups excluding carboxylic acids is 1. The summed E-state index contributed by atoms with van der Waals surface area (Å²) in [6.45, 7) is 2.13.